The minimum Gasteiger partial charge on any atom is -0.384 e. The number of carbonyl (C=O) groups is 1. The summed E-state index contributed by atoms with van der Waals surface area (Å²) in [6.07, 6.45) is 2.37. The van der Waals surface area contributed by atoms with Crippen LogP contribution in [0.3, 0.4) is 0 Å². The van der Waals surface area contributed by atoms with Gasteiger partial charge >= 0.3 is 6.03 Å². The molecular weight excluding hydrogens is 204 g/mol. The second kappa shape index (κ2) is 6.74. The Labute approximate surface area is 98.3 Å². The van der Waals surface area contributed by atoms with E-state index >= 15 is 0 Å². The lowest BCUT2D eigenvalue weighted by atomic mass is 10.0. The zero-order valence-electron chi connectivity index (χ0n) is 10.7. The molecule has 1 aliphatic heterocycles. The van der Waals surface area contributed by atoms with Crippen LogP contribution in [0, 0.1) is 11.8 Å². The Bertz CT molecular complexity index is 221. The molecule has 0 aromatic rings. The van der Waals surface area contributed by atoms with Gasteiger partial charge in [-0.1, -0.05) is 13.8 Å². The molecule has 2 atom stereocenters. The number of nitrogens with zero attached hydrogens (tertiary/aromatic N) is 1. The molecule has 0 aromatic heterocycles. The monoisotopic (exact) mass is 228 g/mol. The van der Waals surface area contributed by atoms with Crippen LogP contribution in [0.2, 0.25) is 0 Å². The van der Waals surface area contributed by atoms with Gasteiger partial charge in [-0.05, 0) is 24.7 Å². The van der Waals surface area contributed by atoms with E-state index in [-0.39, 0.29) is 6.03 Å². The van der Waals surface area contributed by atoms with Crippen molar-refractivity contribution in [1.82, 2.24) is 10.2 Å². The quantitative estimate of drug-likeness (QED) is 0.796. The van der Waals surface area contributed by atoms with Crippen LogP contribution in [-0.2, 0) is 4.74 Å². The first-order valence-corrected chi connectivity index (χ1v) is 6.15. The van der Waals surface area contributed by atoms with Crippen molar-refractivity contribution in [3.05, 3.63) is 0 Å². The van der Waals surface area contributed by atoms with Crippen molar-refractivity contribution in [2.75, 3.05) is 33.4 Å². The smallest absolute Gasteiger partial charge is 0.317 e. The number of piperidine rings is 1. The number of hydrogen-bond acceptors (Lipinski definition) is 2. The van der Waals surface area contributed by atoms with E-state index in [1.807, 2.05) is 4.90 Å². The van der Waals surface area contributed by atoms with Crippen LogP contribution in [0.5, 0.6) is 0 Å². The summed E-state index contributed by atoms with van der Waals surface area (Å²) in [7, 11) is 1.69. The Morgan fingerprint density at radius 3 is 3.00 bits per heavy atom. The predicted molar refractivity (Wildman–Crippen MR) is 64.4 cm³/mol. The van der Waals surface area contributed by atoms with Gasteiger partial charge < -0.3 is 15.0 Å². The maximum atomic E-state index is 11.8. The SMILES string of the molecule is COCC(C)CNC(=O)N1CCCC(C)C1. The summed E-state index contributed by atoms with van der Waals surface area (Å²) >= 11 is 0. The Morgan fingerprint density at radius 2 is 2.38 bits per heavy atom. The summed E-state index contributed by atoms with van der Waals surface area (Å²) in [4.78, 5) is 13.8. The highest BCUT2D eigenvalue weighted by Crippen LogP contribution is 2.15. The first-order chi connectivity index (χ1) is 7.63. The van der Waals surface area contributed by atoms with Crippen LogP contribution in [0.1, 0.15) is 26.7 Å². The lowest BCUT2D eigenvalue weighted by Gasteiger charge is -2.31. The summed E-state index contributed by atoms with van der Waals surface area (Å²) in [5.41, 5.74) is 0. The zero-order chi connectivity index (χ0) is 12.0. The van der Waals surface area contributed by atoms with Crippen molar-refractivity contribution in [2.45, 2.75) is 26.7 Å². The Morgan fingerprint density at radius 1 is 1.62 bits per heavy atom. The largest absolute Gasteiger partial charge is 0.384 e. The Balaban J connectivity index is 2.23. The molecule has 2 unspecified atom stereocenters. The molecule has 1 heterocycles. The summed E-state index contributed by atoms with van der Waals surface area (Å²) < 4.78 is 5.03. The molecule has 0 radical (unpaired) electrons. The van der Waals surface area contributed by atoms with E-state index in [9.17, 15) is 4.79 Å². The van der Waals surface area contributed by atoms with Crippen molar-refractivity contribution in [3.63, 3.8) is 0 Å². The second-order valence-electron chi connectivity index (χ2n) is 4.94. The summed E-state index contributed by atoms with van der Waals surface area (Å²) in [6.45, 7) is 7.45. The van der Waals surface area contributed by atoms with E-state index in [0.717, 1.165) is 19.5 Å². The van der Waals surface area contributed by atoms with E-state index in [4.69, 9.17) is 4.74 Å². The number of rotatable bonds is 4. The predicted octanol–water partition coefficient (Wildman–Crippen LogP) is 1.71. The molecule has 1 rings (SSSR count). The second-order valence-corrected chi connectivity index (χ2v) is 4.94. The van der Waals surface area contributed by atoms with Gasteiger partial charge in [-0.15, -0.1) is 0 Å². The van der Waals surface area contributed by atoms with Crippen LogP contribution >= 0.6 is 0 Å². The van der Waals surface area contributed by atoms with Gasteiger partial charge in [0.05, 0.1) is 6.61 Å². The summed E-state index contributed by atoms with van der Waals surface area (Å²) in [6, 6.07) is 0.0782. The molecule has 1 N–H and O–H groups in total. The molecule has 4 nitrogen and oxygen atoms in total. The third-order valence-corrected chi connectivity index (χ3v) is 3.00. The molecule has 1 aliphatic rings. The fourth-order valence-corrected chi connectivity index (χ4v) is 2.09. The number of carbonyl (C=O) groups excluding carboxylic acids is 1. The van der Waals surface area contributed by atoms with Crippen molar-refractivity contribution >= 4 is 6.03 Å². The minimum absolute atomic E-state index is 0.0782. The first kappa shape index (κ1) is 13.3. The van der Waals surface area contributed by atoms with Gasteiger partial charge in [-0.3, -0.25) is 0 Å². The van der Waals surface area contributed by atoms with Crippen molar-refractivity contribution in [1.29, 1.82) is 0 Å². The van der Waals surface area contributed by atoms with Gasteiger partial charge in [-0.2, -0.15) is 0 Å². The number of nitrogens with one attached hydrogen (secondary N) is 1. The average molecular weight is 228 g/mol. The number of ether oxygens (including phenoxy) is 1. The van der Waals surface area contributed by atoms with E-state index in [1.165, 1.54) is 6.42 Å². The maximum absolute atomic E-state index is 11.8. The van der Waals surface area contributed by atoms with E-state index < -0.39 is 0 Å². The highest BCUT2D eigenvalue weighted by atomic mass is 16.5. The molecule has 0 bridgehead atoms. The summed E-state index contributed by atoms with van der Waals surface area (Å²) in [5.74, 6) is 1.01. The van der Waals surface area contributed by atoms with Gasteiger partial charge in [-0.25, -0.2) is 4.79 Å². The van der Waals surface area contributed by atoms with Crippen LogP contribution < -0.4 is 5.32 Å². The lowest BCUT2D eigenvalue weighted by molar-refractivity contribution is 0.149. The normalized spacial score (nSPS) is 22.9. The molecule has 0 saturated carbocycles. The molecule has 1 saturated heterocycles. The molecule has 0 aliphatic carbocycles. The lowest BCUT2D eigenvalue weighted by Crippen LogP contribution is -2.46. The van der Waals surface area contributed by atoms with Gasteiger partial charge in [0.15, 0.2) is 0 Å². The number of amides is 2. The third kappa shape index (κ3) is 4.39. The van der Waals surface area contributed by atoms with Crippen molar-refractivity contribution in [3.8, 4) is 0 Å². The molecule has 4 heteroatoms. The van der Waals surface area contributed by atoms with Crippen LogP contribution in [0.15, 0.2) is 0 Å². The van der Waals surface area contributed by atoms with E-state index in [1.54, 1.807) is 7.11 Å². The number of methoxy groups -OCH3 is 1. The van der Waals surface area contributed by atoms with Gasteiger partial charge in [0.2, 0.25) is 0 Å². The Kier molecular flexibility index (Phi) is 5.60. The zero-order valence-corrected chi connectivity index (χ0v) is 10.7. The molecule has 0 spiro atoms. The highest BCUT2D eigenvalue weighted by Gasteiger charge is 2.20. The maximum Gasteiger partial charge on any atom is 0.317 e. The van der Waals surface area contributed by atoms with Gasteiger partial charge in [0.1, 0.15) is 0 Å². The highest BCUT2D eigenvalue weighted by molar-refractivity contribution is 5.74. The third-order valence-electron chi connectivity index (χ3n) is 3.00. The fraction of sp³-hybridized carbons (Fsp3) is 0.917. The van der Waals surface area contributed by atoms with E-state index in [2.05, 4.69) is 19.2 Å². The minimum atomic E-state index is 0.0782. The summed E-state index contributed by atoms with van der Waals surface area (Å²) in [5, 5.41) is 2.96. The number of urea groups is 1. The standard InChI is InChI=1S/C12H24N2O2/c1-10-5-4-6-14(8-10)12(15)13-7-11(2)9-16-3/h10-11H,4-9H2,1-3H3,(H,13,15). The molecule has 16 heavy (non-hydrogen) atoms. The average Bonchev–Trinajstić information content (AvgIpc) is 2.26. The van der Waals surface area contributed by atoms with E-state index in [0.29, 0.717) is 25.0 Å². The molecule has 2 amide bonds. The molecule has 94 valence electrons. The van der Waals surface area contributed by atoms with Crippen LogP contribution in [0.4, 0.5) is 4.79 Å². The van der Waals surface area contributed by atoms with Gasteiger partial charge in [0, 0.05) is 26.7 Å². The van der Waals surface area contributed by atoms with Gasteiger partial charge in [0.25, 0.3) is 0 Å². The van der Waals surface area contributed by atoms with Crippen LogP contribution in [0.25, 0.3) is 0 Å². The van der Waals surface area contributed by atoms with Crippen molar-refractivity contribution < 1.29 is 9.53 Å². The number of likely N-dealkylation sites (tertiary alicyclic amines) is 1. The molecule has 1 fully saturated rings. The Hall–Kier alpha value is -0.770. The van der Waals surface area contributed by atoms with Crippen LogP contribution in [-0.4, -0.2) is 44.3 Å². The van der Waals surface area contributed by atoms with Crippen molar-refractivity contribution in [2.24, 2.45) is 11.8 Å². The fourth-order valence-electron chi connectivity index (χ4n) is 2.09. The molecule has 0 aromatic carbocycles. The topological polar surface area (TPSA) is 41.6 Å². The first-order valence-electron chi connectivity index (χ1n) is 6.15. The number of hydrogen-bond donors (Lipinski definition) is 1. The molecular formula is C12H24N2O2.